The molecular weight excluding hydrogens is 392 g/mol. The van der Waals surface area contributed by atoms with E-state index in [4.69, 9.17) is 4.99 Å². The van der Waals surface area contributed by atoms with E-state index in [1.807, 2.05) is 17.9 Å². The number of hydrogen-bond acceptors (Lipinski definition) is 5. The van der Waals surface area contributed by atoms with Crippen LogP contribution >= 0.6 is 11.3 Å². The highest BCUT2D eigenvalue weighted by molar-refractivity contribution is 7.09. The second-order valence-electron chi connectivity index (χ2n) is 7.78. The van der Waals surface area contributed by atoms with Gasteiger partial charge < -0.3 is 5.32 Å². The number of carbonyl (C=O) groups is 1. The molecule has 1 aliphatic heterocycles. The smallest absolute Gasteiger partial charge is 0.207 e. The van der Waals surface area contributed by atoms with Crippen LogP contribution in [-0.4, -0.2) is 34.6 Å². The molecule has 0 spiro atoms. The fraction of sp³-hybridized carbons (Fsp3) is 0.375. The van der Waals surface area contributed by atoms with Gasteiger partial charge in [0.05, 0.1) is 17.3 Å². The van der Waals surface area contributed by atoms with Crippen molar-refractivity contribution in [3.8, 4) is 0 Å². The van der Waals surface area contributed by atoms with E-state index in [2.05, 4.69) is 51.6 Å². The van der Waals surface area contributed by atoms with Gasteiger partial charge >= 0.3 is 0 Å². The van der Waals surface area contributed by atoms with Crippen molar-refractivity contribution in [1.82, 2.24) is 15.2 Å². The standard InChI is InChI=1S/C24H28N4OS/c29-17-25-14-20-6-3-5-19(13-20)10-12-28(16-22-15-26-18-30-22)23-9-4-8-21-7-1-2-11-27-24(21)23/h2-3,5-7,11,13,15,17-18,23H,1,4,8-10,12,14,16H2,(H,25,29). The highest BCUT2D eigenvalue weighted by Crippen LogP contribution is 2.29. The average Bonchev–Trinajstić information content (AvgIpc) is 3.17. The van der Waals surface area contributed by atoms with Crippen LogP contribution in [0.5, 0.6) is 0 Å². The summed E-state index contributed by atoms with van der Waals surface area (Å²) in [7, 11) is 0. The van der Waals surface area contributed by atoms with Crippen molar-refractivity contribution in [2.75, 3.05) is 6.54 Å². The van der Waals surface area contributed by atoms with Crippen molar-refractivity contribution < 1.29 is 4.79 Å². The Morgan fingerprint density at radius 2 is 2.23 bits per heavy atom. The molecule has 5 nitrogen and oxygen atoms in total. The topological polar surface area (TPSA) is 57.6 Å². The molecule has 1 aliphatic carbocycles. The van der Waals surface area contributed by atoms with E-state index in [-0.39, 0.29) is 0 Å². The Hall–Kier alpha value is -2.57. The highest BCUT2D eigenvalue weighted by atomic mass is 32.1. The van der Waals surface area contributed by atoms with E-state index < -0.39 is 0 Å². The third-order valence-corrected chi connectivity index (χ3v) is 6.50. The average molecular weight is 421 g/mol. The zero-order valence-corrected chi connectivity index (χ0v) is 18.0. The normalized spacial score (nSPS) is 18.4. The molecule has 1 aromatic heterocycles. The van der Waals surface area contributed by atoms with Crippen molar-refractivity contribution in [2.45, 2.75) is 51.2 Å². The largest absolute Gasteiger partial charge is 0.355 e. The number of allylic oxidation sites excluding steroid dienone is 2. The molecular formula is C24H28N4OS. The number of thiazole rings is 1. The van der Waals surface area contributed by atoms with Gasteiger partial charge in [0, 0.05) is 36.9 Å². The number of hydrogen-bond donors (Lipinski definition) is 1. The van der Waals surface area contributed by atoms with E-state index >= 15 is 0 Å². The van der Waals surface area contributed by atoms with E-state index in [1.165, 1.54) is 28.1 Å². The number of aromatic nitrogens is 1. The van der Waals surface area contributed by atoms with Crippen LogP contribution in [0.3, 0.4) is 0 Å². The van der Waals surface area contributed by atoms with E-state index in [0.717, 1.165) is 50.7 Å². The molecule has 1 aromatic carbocycles. The van der Waals surface area contributed by atoms with Gasteiger partial charge in [0.15, 0.2) is 0 Å². The van der Waals surface area contributed by atoms with Crippen LogP contribution in [0.2, 0.25) is 0 Å². The second-order valence-corrected chi connectivity index (χ2v) is 8.75. The van der Waals surface area contributed by atoms with Crippen molar-refractivity contribution in [1.29, 1.82) is 0 Å². The maximum Gasteiger partial charge on any atom is 0.207 e. The number of nitrogens with one attached hydrogen (secondary N) is 1. The number of carbonyl (C=O) groups excluding carboxylic acids is 1. The minimum atomic E-state index is 0.342. The number of aliphatic imine (C=N–C) groups is 1. The van der Waals surface area contributed by atoms with Crippen molar-refractivity contribution in [2.24, 2.45) is 4.99 Å². The first kappa shape index (κ1) is 20.7. The monoisotopic (exact) mass is 420 g/mol. The Morgan fingerprint density at radius 1 is 1.30 bits per heavy atom. The van der Waals surface area contributed by atoms with Gasteiger partial charge in [-0.05, 0) is 48.8 Å². The number of amides is 1. The molecule has 1 N–H and O–H groups in total. The van der Waals surface area contributed by atoms with Crippen molar-refractivity contribution >= 4 is 23.5 Å². The molecule has 4 rings (SSSR count). The molecule has 6 heteroatoms. The van der Waals surface area contributed by atoms with Crippen LogP contribution in [0.15, 0.2) is 64.9 Å². The summed E-state index contributed by atoms with van der Waals surface area (Å²) in [5, 5.41) is 2.75. The first-order valence-corrected chi connectivity index (χ1v) is 11.5. The molecule has 2 aliphatic rings. The van der Waals surface area contributed by atoms with Gasteiger partial charge in [-0.25, -0.2) is 0 Å². The molecule has 0 saturated heterocycles. The molecule has 2 heterocycles. The molecule has 1 fully saturated rings. The Morgan fingerprint density at radius 3 is 3.10 bits per heavy atom. The maximum absolute atomic E-state index is 10.6. The molecule has 156 valence electrons. The SMILES string of the molecule is O=CNCc1cccc(CCN(Cc2cncs2)C2CCCC3=CCC=CN=C32)c1. The fourth-order valence-electron chi connectivity index (χ4n) is 4.29. The predicted molar refractivity (Wildman–Crippen MR) is 122 cm³/mol. The number of benzene rings is 1. The van der Waals surface area contributed by atoms with Crippen molar-refractivity contribution in [3.63, 3.8) is 0 Å². The first-order chi connectivity index (χ1) is 14.8. The van der Waals surface area contributed by atoms with Crippen LogP contribution in [-0.2, 0) is 24.3 Å². The van der Waals surface area contributed by atoms with Crippen LogP contribution in [0.1, 0.15) is 41.7 Å². The van der Waals surface area contributed by atoms with E-state index in [0.29, 0.717) is 12.6 Å². The lowest BCUT2D eigenvalue weighted by molar-refractivity contribution is -0.109. The maximum atomic E-state index is 10.6. The Labute approximate surface area is 182 Å². The van der Waals surface area contributed by atoms with Crippen LogP contribution in [0.25, 0.3) is 0 Å². The van der Waals surface area contributed by atoms with E-state index in [9.17, 15) is 4.79 Å². The van der Waals surface area contributed by atoms with Gasteiger partial charge in [0.1, 0.15) is 0 Å². The first-order valence-electron chi connectivity index (χ1n) is 10.6. The summed E-state index contributed by atoms with van der Waals surface area (Å²) in [5.74, 6) is 0. The lowest BCUT2D eigenvalue weighted by Gasteiger charge is -2.36. The van der Waals surface area contributed by atoms with Gasteiger partial charge in [-0.15, -0.1) is 11.3 Å². The molecule has 2 aromatic rings. The van der Waals surface area contributed by atoms with Gasteiger partial charge in [0.25, 0.3) is 0 Å². The zero-order valence-electron chi connectivity index (χ0n) is 17.2. The second kappa shape index (κ2) is 10.5. The number of rotatable bonds is 9. The molecule has 1 amide bonds. The molecule has 1 saturated carbocycles. The zero-order chi connectivity index (χ0) is 20.6. The number of fused-ring (bicyclic) bond motifs is 1. The quantitative estimate of drug-likeness (QED) is 0.616. The number of nitrogens with zero attached hydrogens (tertiary/aromatic N) is 3. The summed E-state index contributed by atoms with van der Waals surface area (Å²) < 4.78 is 0. The van der Waals surface area contributed by atoms with Gasteiger partial charge in [-0.1, -0.05) is 36.4 Å². The summed E-state index contributed by atoms with van der Waals surface area (Å²) in [6.45, 7) is 2.43. The fourth-order valence-corrected chi connectivity index (χ4v) is 4.91. The summed E-state index contributed by atoms with van der Waals surface area (Å²) in [6.07, 6.45) is 14.6. The lowest BCUT2D eigenvalue weighted by atomic mass is 9.86. The van der Waals surface area contributed by atoms with Gasteiger partial charge in [0.2, 0.25) is 6.41 Å². The molecule has 0 radical (unpaired) electrons. The van der Waals surface area contributed by atoms with Crippen LogP contribution in [0.4, 0.5) is 0 Å². The van der Waals surface area contributed by atoms with Gasteiger partial charge in [-0.3, -0.25) is 19.7 Å². The third-order valence-electron chi connectivity index (χ3n) is 5.74. The van der Waals surface area contributed by atoms with E-state index in [1.54, 1.807) is 11.3 Å². The highest BCUT2D eigenvalue weighted by Gasteiger charge is 2.30. The van der Waals surface area contributed by atoms with Crippen LogP contribution < -0.4 is 5.32 Å². The summed E-state index contributed by atoms with van der Waals surface area (Å²) >= 11 is 1.72. The lowest BCUT2D eigenvalue weighted by Crippen LogP contribution is -2.44. The molecule has 30 heavy (non-hydrogen) atoms. The minimum absolute atomic E-state index is 0.342. The van der Waals surface area contributed by atoms with Gasteiger partial charge in [-0.2, -0.15) is 0 Å². The van der Waals surface area contributed by atoms with Crippen molar-refractivity contribution in [3.05, 3.63) is 75.9 Å². The summed E-state index contributed by atoms with van der Waals surface area (Å²) in [4.78, 5) is 23.6. The minimum Gasteiger partial charge on any atom is -0.355 e. The Kier molecular flexibility index (Phi) is 7.21. The van der Waals surface area contributed by atoms with Crippen LogP contribution in [0, 0.1) is 0 Å². The molecule has 1 atom stereocenters. The Bertz CT molecular complexity index is 932. The Balaban J connectivity index is 1.52. The summed E-state index contributed by atoms with van der Waals surface area (Å²) in [5.41, 5.74) is 7.02. The summed E-state index contributed by atoms with van der Waals surface area (Å²) in [6, 6.07) is 8.84. The predicted octanol–water partition coefficient (Wildman–Crippen LogP) is 4.27. The molecule has 0 bridgehead atoms. The molecule has 1 unspecified atom stereocenters. The third kappa shape index (κ3) is 5.32.